The van der Waals surface area contributed by atoms with Crippen LogP contribution < -0.4 is 0 Å². The maximum Gasteiger partial charge on any atom is 0.119 e. The third-order valence-corrected chi connectivity index (χ3v) is 3.90. The van der Waals surface area contributed by atoms with E-state index in [2.05, 4.69) is 0 Å². The van der Waals surface area contributed by atoms with Crippen molar-refractivity contribution >= 4 is 11.6 Å². The number of hydrogen-bond donors (Lipinski definition) is 0. The molecule has 0 heterocycles. The van der Waals surface area contributed by atoms with Gasteiger partial charge in [-0.25, -0.2) is 0 Å². The van der Waals surface area contributed by atoms with Crippen LogP contribution >= 0.6 is 11.6 Å². The van der Waals surface area contributed by atoms with Gasteiger partial charge in [-0.05, 0) is 43.2 Å². The van der Waals surface area contributed by atoms with Crippen molar-refractivity contribution in [3.63, 3.8) is 0 Å². The summed E-state index contributed by atoms with van der Waals surface area (Å²) in [6, 6.07) is 0. The van der Waals surface area contributed by atoms with Crippen molar-refractivity contribution in [1.29, 1.82) is 0 Å². The van der Waals surface area contributed by atoms with Crippen molar-refractivity contribution in [2.45, 2.75) is 32.1 Å². The highest BCUT2D eigenvalue weighted by Crippen LogP contribution is 2.46. The Morgan fingerprint density at radius 1 is 1.27 bits per heavy atom. The Morgan fingerprint density at radius 3 is 2.67 bits per heavy atom. The maximum atomic E-state index is 8.36. The Morgan fingerprint density at radius 2 is 2.07 bits per heavy atom. The molecule has 4 aliphatic rings. The zero-order valence-electron chi connectivity index (χ0n) is 10.7. The van der Waals surface area contributed by atoms with Crippen molar-refractivity contribution in [1.82, 2.24) is 0 Å². The molecule has 0 N–H and O–H groups in total. The van der Waals surface area contributed by atoms with Gasteiger partial charge in [0.1, 0.15) is 5.03 Å². The minimum Gasteiger partial charge on any atom is -0.0479 e. The van der Waals surface area contributed by atoms with Crippen LogP contribution in [0.3, 0.4) is 0 Å². The molecule has 4 rings (SSSR count). The van der Waals surface area contributed by atoms with Gasteiger partial charge in [0.15, 0.2) is 0 Å². The molecule has 0 aromatic carbocycles. The zero-order chi connectivity index (χ0) is 12.0. The summed E-state index contributed by atoms with van der Waals surface area (Å²) >= 11 is 5.90. The summed E-state index contributed by atoms with van der Waals surface area (Å²) in [5.74, 6) is 0.661. The molecule has 1 heteroatoms. The van der Waals surface area contributed by atoms with E-state index >= 15 is 0 Å². The maximum absolute atomic E-state index is 8.36. The van der Waals surface area contributed by atoms with Crippen molar-refractivity contribution in [2.75, 3.05) is 0 Å². The first-order valence-electron chi connectivity index (χ1n) is 6.72. The van der Waals surface area contributed by atoms with Gasteiger partial charge in [-0.2, -0.15) is 0 Å². The normalized spacial score (nSPS) is 44.2. The Bertz CT molecular complexity index is 424. The van der Waals surface area contributed by atoms with Gasteiger partial charge in [-0.3, -0.25) is 0 Å². The molecule has 0 aromatic heterocycles. The first-order valence-corrected chi connectivity index (χ1v) is 6.10. The first-order chi connectivity index (χ1) is 8.09. The minimum atomic E-state index is -1.12. The zero-order valence-corrected chi connectivity index (χ0v) is 9.43. The molecule has 78 valence electrons. The lowest BCUT2D eigenvalue weighted by atomic mass is 9.66. The Kier molecular flexibility index (Phi) is 1.91. The van der Waals surface area contributed by atoms with Gasteiger partial charge < -0.3 is 0 Å². The third-order valence-electron chi connectivity index (χ3n) is 3.65. The van der Waals surface area contributed by atoms with E-state index in [4.69, 9.17) is 14.3 Å². The number of hydrogen-bond acceptors (Lipinski definition) is 0. The Labute approximate surface area is 99.5 Å². The van der Waals surface area contributed by atoms with Crippen LogP contribution in [0.2, 0.25) is 0 Å². The summed E-state index contributed by atoms with van der Waals surface area (Å²) in [4.78, 5) is 0. The summed E-state index contributed by atoms with van der Waals surface area (Å²) in [5, 5.41) is 0.718. The van der Waals surface area contributed by atoms with E-state index in [1.165, 1.54) is 0 Å². The predicted octanol–water partition coefficient (Wildman–Crippen LogP) is 4.39. The molecule has 0 spiro atoms. The average molecular weight is 222 g/mol. The summed E-state index contributed by atoms with van der Waals surface area (Å²) in [6.45, 7) is 0. The second kappa shape index (κ2) is 3.75. The van der Waals surface area contributed by atoms with Crippen LogP contribution in [0.4, 0.5) is 0 Å². The van der Waals surface area contributed by atoms with Crippen molar-refractivity contribution in [3.8, 4) is 0 Å². The Balaban J connectivity index is 2.02. The van der Waals surface area contributed by atoms with Crippen LogP contribution in [-0.2, 0) is 0 Å². The lowest BCUT2D eigenvalue weighted by Crippen LogP contribution is -2.25. The molecule has 0 aliphatic heterocycles. The summed E-state index contributed by atoms with van der Waals surface area (Å²) in [7, 11) is 0. The molecule has 0 unspecified atom stereocenters. The van der Waals surface area contributed by atoms with Gasteiger partial charge in [0.25, 0.3) is 0 Å². The molecular weight excluding hydrogens is 204 g/mol. The standard InChI is InChI=1S/C14H16Cl/c15-13-7-5-12(6-8-13)14-9-10-1-3-11(14)4-2-10/h5-8,10-11H,1-4,9H2/q+1/i9D2. The SMILES string of the molecule is [2H]C1([2H])/C(=C2/C=CC(Cl)=C[CH+]2)C2CCC1CC2. The smallest absolute Gasteiger partial charge is 0.0479 e. The summed E-state index contributed by atoms with van der Waals surface area (Å²) in [5.41, 5.74) is 2.07. The van der Waals surface area contributed by atoms with Gasteiger partial charge in [0.05, 0.1) is 5.57 Å². The largest absolute Gasteiger partial charge is 0.119 e. The molecule has 3 saturated carbocycles. The van der Waals surface area contributed by atoms with E-state index in [-0.39, 0.29) is 5.92 Å². The van der Waals surface area contributed by atoms with Crippen LogP contribution in [0.25, 0.3) is 0 Å². The highest BCUT2D eigenvalue weighted by Gasteiger charge is 2.35. The second-order valence-corrected chi connectivity index (χ2v) is 5.05. The molecule has 4 aliphatic carbocycles. The third kappa shape index (κ3) is 1.76. The molecule has 0 amide bonds. The van der Waals surface area contributed by atoms with Crippen LogP contribution in [0, 0.1) is 18.3 Å². The molecule has 0 radical (unpaired) electrons. The number of fused-ring (bicyclic) bond motifs is 3. The van der Waals surface area contributed by atoms with Crippen molar-refractivity contribution in [3.05, 3.63) is 40.8 Å². The fraction of sp³-hybridized carbons (Fsp3) is 0.500. The predicted molar refractivity (Wildman–Crippen MR) is 64.5 cm³/mol. The summed E-state index contributed by atoms with van der Waals surface area (Å²) < 4.78 is 16.7. The van der Waals surface area contributed by atoms with E-state index in [1.807, 2.05) is 24.6 Å². The monoisotopic (exact) mass is 221 g/mol. The minimum absolute atomic E-state index is 0.221. The Hall–Kier alpha value is -0.620. The number of rotatable bonds is 0. The average Bonchev–Trinajstić information content (AvgIpc) is 2.31. The van der Waals surface area contributed by atoms with Crippen molar-refractivity contribution in [2.24, 2.45) is 11.8 Å². The number of halogens is 1. The lowest BCUT2D eigenvalue weighted by Gasteiger charge is -2.36. The lowest BCUT2D eigenvalue weighted by molar-refractivity contribution is 0.238. The molecule has 15 heavy (non-hydrogen) atoms. The molecule has 0 aromatic rings. The quantitative estimate of drug-likeness (QED) is 0.533. The van der Waals surface area contributed by atoms with Gasteiger partial charge in [-0.15, -0.1) is 0 Å². The molecule has 3 fully saturated rings. The fourth-order valence-corrected chi connectivity index (χ4v) is 2.94. The second-order valence-electron chi connectivity index (χ2n) is 4.61. The molecular formula is C14H16Cl+. The van der Waals surface area contributed by atoms with Gasteiger partial charge >= 0.3 is 0 Å². The molecule has 0 nitrogen and oxygen atoms in total. The first kappa shape index (κ1) is 7.62. The van der Waals surface area contributed by atoms with Crippen LogP contribution in [0.1, 0.15) is 34.8 Å². The summed E-state index contributed by atoms with van der Waals surface area (Å²) in [6.07, 6.45) is 11.0. The topological polar surface area (TPSA) is 0 Å². The van der Waals surface area contributed by atoms with E-state index < -0.39 is 6.37 Å². The molecule has 2 bridgehead atoms. The van der Waals surface area contributed by atoms with E-state index in [0.29, 0.717) is 5.92 Å². The van der Waals surface area contributed by atoms with E-state index in [9.17, 15) is 0 Å². The van der Waals surface area contributed by atoms with Gasteiger partial charge in [0, 0.05) is 45.3 Å². The van der Waals surface area contributed by atoms with Crippen LogP contribution in [0.5, 0.6) is 0 Å². The van der Waals surface area contributed by atoms with Crippen LogP contribution in [0.15, 0.2) is 34.4 Å². The van der Waals surface area contributed by atoms with E-state index in [0.717, 1.165) is 41.9 Å². The number of allylic oxidation sites excluding steroid dienone is 6. The molecule has 0 saturated heterocycles. The molecule has 0 atom stereocenters. The van der Waals surface area contributed by atoms with Gasteiger partial charge in [0.2, 0.25) is 0 Å². The van der Waals surface area contributed by atoms with Crippen molar-refractivity contribution < 1.29 is 2.74 Å². The van der Waals surface area contributed by atoms with Gasteiger partial charge in [-0.1, -0.05) is 0 Å². The highest BCUT2D eigenvalue weighted by molar-refractivity contribution is 6.31. The van der Waals surface area contributed by atoms with Crippen LogP contribution in [-0.4, -0.2) is 0 Å². The highest BCUT2D eigenvalue weighted by atomic mass is 35.5. The fourth-order valence-electron chi connectivity index (χ4n) is 2.81. The van der Waals surface area contributed by atoms with E-state index in [1.54, 1.807) is 0 Å².